The predicted octanol–water partition coefficient (Wildman–Crippen LogP) is 1.78. The molecule has 2 N–H and O–H groups in total. The monoisotopic (exact) mass is 271 g/mol. The van der Waals surface area contributed by atoms with Crippen LogP contribution in [0, 0.1) is 6.92 Å². The maximum absolute atomic E-state index is 12.3. The number of nitrogens with zero attached hydrogens (tertiary/aromatic N) is 3. The van der Waals surface area contributed by atoms with Gasteiger partial charge in [0.05, 0.1) is 5.56 Å². The molecule has 0 radical (unpaired) electrons. The van der Waals surface area contributed by atoms with Crippen LogP contribution < -0.4 is 5.32 Å². The molecule has 0 fully saturated rings. The van der Waals surface area contributed by atoms with Crippen LogP contribution in [0.1, 0.15) is 21.9 Å². The molecule has 0 aliphatic heterocycles. The van der Waals surface area contributed by atoms with Gasteiger partial charge in [-0.2, -0.15) is 18.2 Å². The highest BCUT2D eigenvalue weighted by atomic mass is 19.4. The third-order valence-electron chi connectivity index (χ3n) is 2.15. The molecule has 0 bridgehead atoms. The highest BCUT2D eigenvalue weighted by Gasteiger charge is 2.30. The number of carbonyl (C=O) groups is 1. The van der Waals surface area contributed by atoms with E-state index < -0.39 is 17.6 Å². The molecule has 0 aliphatic rings. The van der Waals surface area contributed by atoms with Crippen LogP contribution in [-0.2, 0) is 6.18 Å². The Kier molecular flexibility index (Phi) is 3.19. The minimum absolute atomic E-state index is 0.0317. The second-order valence-electron chi connectivity index (χ2n) is 3.63. The zero-order valence-corrected chi connectivity index (χ0v) is 9.62. The van der Waals surface area contributed by atoms with Crippen molar-refractivity contribution in [1.29, 1.82) is 0 Å². The van der Waals surface area contributed by atoms with Crippen molar-refractivity contribution < 1.29 is 18.0 Å². The molecule has 0 aliphatic carbocycles. The Morgan fingerprint density at radius 1 is 1.37 bits per heavy atom. The summed E-state index contributed by atoms with van der Waals surface area (Å²) in [6.07, 6.45) is -3.89. The Balaban J connectivity index is 2.12. The lowest BCUT2D eigenvalue weighted by molar-refractivity contribution is -0.137. The number of alkyl halides is 3. The van der Waals surface area contributed by atoms with Crippen molar-refractivity contribution >= 4 is 11.9 Å². The first-order valence-corrected chi connectivity index (χ1v) is 5.10. The summed E-state index contributed by atoms with van der Waals surface area (Å²) < 4.78 is 36.9. The first-order chi connectivity index (χ1) is 8.86. The Bertz CT molecular complexity index is 590. The summed E-state index contributed by atoms with van der Waals surface area (Å²) in [6, 6.07) is 1.77. The highest BCUT2D eigenvalue weighted by Crippen LogP contribution is 2.28. The second kappa shape index (κ2) is 4.67. The van der Waals surface area contributed by atoms with Crippen molar-refractivity contribution in [3.63, 3.8) is 0 Å². The number of rotatable bonds is 2. The van der Waals surface area contributed by atoms with Crippen LogP contribution in [0.25, 0.3) is 0 Å². The van der Waals surface area contributed by atoms with Gasteiger partial charge in [-0.3, -0.25) is 20.2 Å². The summed E-state index contributed by atoms with van der Waals surface area (Å²) >= 11 is 0. The van der Waals surface area contributed by atoms with E-state index >= 15 is 0 Å². The number of amides is 1. The molecule has 9 heteroatoms. The number of aromatic nitrogens is 4. The molecule has 6 nitrogen and oxygen atoms in total. The van der Waals surface area contributed by atoms with Gasteiger partial charge in [0.25, 0.3) is 5.91 Å². The van der Waals surface area contributed by atoms with Crippen molar-refractivity contribution in [3.05, 3.63) is 35.4 Å². The summed E-state index contributed by atoms with van der Waals surface area (Å²) in [4.78, 5) is 18.9. The van der Waals surface area contributed by atoms with Gasteiger partial charge in [-0.25, -0.2) is 0 Å². The lowest BCUT2D eigenvalue weighted by Crippen LogP contribution is -2.15. The highest BCUT2D eigenvalue weighted by molar-refractivity contribution is 6.01. The van der Waals surface area contributed by atoms with E-state index in [0.717, 1.165) is 12.1 Å². The topological polar surface area (TPSA) is 83.6 Å². The van der Waals surface area contributed by atoms with Gasteiger partial charge in [-0.15, -0.1) is 5.10 Å². The first kappa shape index (κ1) is 13.0. The van der Waals surface area contributed by atoms with Crippen molar-refractivity contribution in [1.82, 2.24) is 20.2 Å². The summed E-state index contributed by atoms with van der Waals surface area (Å²) in [5.41, 5.74) is -1.08. The number of anilines is 1. The SMILES string of the molecule is Cc1nc(NC(=O)c2ccc(C(F)(F)F)cn2)n[nH]1. The molecule has 1 amide bonds. The number of pyridine rings is 1. The fourth-order valence-electron chi connectivity index (χ4n) is 1.26. The molecule has 0 unspecified atom stereocenters. The molecule has 0 atom stereocenters. The number of hydrogen-bond acceptors (Lipinski definition) is 4. The van der Waals surface area contributed by atoms with Gasteiger partial charge >= 0.3 is 6.18 Å². The molecule has 2 aromatic heterocycles. The van der Waals surface area contributed by atoms with Crippen LogP contribution in [-0.4, -0.2) is 26.1 Å². The maximum atomic E-state index is 12.3. The number of H-pyrrole nitrogens is 1. The molecule has 19 heavy (non-hydrogen) atoms. The average molecular weight is 271 g/mol. The molecule has 2 heterocycles. The van der Waals surface area contributed by atoms with Gasteiger partial charge in [0.2, 0.25) is 5.95 Å². The third kappa shape index (κ3) is 3.06. The standard InChI is InChI=1S/C10H8F3N5O/c1-5-15-9(18-17-5)16-8(19)7-3-2-6(4-14-7)10(11,12)13/h2-4H,1H3,(H2,15,16,17,18,19). The molecular weight excluding hydrogens is 263 g/mol. The molecule has 0 aromatic carbocycles. The molecule has 2 rings (SSSR count). The van der Waals surface area contributed by atoms with Gasteiger partial charge in [0.1, 0.15) is 11.5 Å². The number of halogens is 3. The minimum atomic E-state index is -4.48. The van der Waals surface area contributed by atoms with E-state index in [-0.39, 0.29) is 11.6 Å². The largest absolute Gasteiger partial charge is 0.417 e. The number of hydrogen-bond donors (Lipinski definition) is 2. The molecule has 2 aromatic rings. The van der Waals surface area contributed by atoms with Crippen LogP contribution in [0.2, 0.25) is 0 Å². The van der Waals surface area contributed by atoms with Gasteiger partial charge in [0, 0.05) is 6.20 Å². The number of carbonyl (C=O) groups excluding carboxylic acids is 1. The van der Waals surface area contributed by atoms with Gasteiger partial charge in [0.15, 0.2) is 0 Å². The zero-order valence-electron chi connectivity index (χ0n) is 9.62. The smallest absolute Gasteiger partial charge is 0.288 e. The third-order valence-corrected chi connectivity index (χ3v) is 2.15. The number of aromatic amines is 1. The van der Waals surface area contributed by atoms with E-state index in [9.17, 15) is 18.0 Å². The molecule has 0 saturated heterocycles. The summed E-state index contributed by atoms with van der Waals surface area (Å²) in [6.45, 7) is 1.64. The Morgan fingerprint density at radius 3 is 2.58 bits per heavy atom. The van der Waals surface area contributed by atoms with E-state index in [4.69, 9.17) is 0 Å². The second-order valence-corrected chi connectivity index (χ2v) is 3.63. The normalized spacial score (nSPS) is 11.4. The Morgan fingerprint density at radius 2 is 2.11 bits per heavy atom. The number of aryl methyl sites for hydroxylation is 1. The van der Waals surface area contributed by atoms with Gasteiger partial charge in [-0.1, -0.05) is 0 Å². The van der Waals surface area contributed by atoms with Crippen LogP contribution >= 0.6 is 0 Å². The Labute approximate surface area is 105 Å². The van der Waals surface area contributed by atoms with E-state index in [2.05, 4.69) is 25.5 Å². The van der Waals surface area contributed by atoms with Crippen molar-refractivity contribution in [2.24, 2.45) is 0 Å². The summed E-state index contributed by atoms with van der Waals surface area (Å²) in [5.74, 6) is -0.160. The predicted molar refractivity (Wildman–Crippen MR) is 58.3 cm³/mol. The summed E-state index contributed by atoms with van der Waals surface area (Å²) in [7, 11) is 0. The molecular formula is C10H8F3N5O. The van der Waals surface area contributed by atoms with Crippen molar-refractivity contribution in [3.8, 4) is 0 Å². The quantitative estimate of drug-likeness (QED) is 0.872. The fraction of sp³-hybridized carbons (Fsp3) is 0.200. The lowest BCUT2D eigenvalue weighted by atomic mass is 10.2. The van der Waals surface area contributed by atoms with E-state index in [1.54, 1.807) is 6.92 Å². The van der Waals surface area contributed by atoms with Gasteiger partial charge in [-0.05, 0) is 19.1 Å². The fourth-order valence-corrected chi connectivity index (χ4v) is 1.26. The van der Waals surface area contributed by atoms with Crippen LogP contribution in [0.4, 0.5) is 19.1 Å². The van der Waals surface area contributed by atoms with Gasteiger partial charge < -0.3 is 0 Å². The van der Waals surface area contributed by atoms with E-state index in [0.29, 0.717) is 12.0 Å². The maximum Gasteiger partial charge on any atom is 0.417 e. The minimum Gasteiger partial charge on any atom is -0.288 e. The first-order valence-electron chi connectivity index (χ1n) is 5.10. The number of nitrogens with one attached hydrogen (secondary N) is 2. The molecule has 0 saturated carbocycles. The van der Waals surface area contributed by atoms with Crippen molar-refractivity contribution in [2.75, 3.05) is 5.32 Å². The van der Waals surface area contributed by atoms with Crippen LogP contribution in [0.3, 0.4) is 0 Å². The lowest BCUT2D eigenvalue weighted by Gasteiger charge is -2.06. The molecule has 0 spiro atoms. The van der Waals surface area contributed by atoms with E-state index in [1.165, 1.54) is 0 Å². The Hall–Kier alpha value is -2.45. The zero-order chi connectivity index (χ0) is 14.0. The van der Waals surface area contributed by atoms with E-state index in [1.807, 2.05) is 0 Å². The molecule has 100 valence electrons. The summed E-state index contributed by atoms with van der Waals surface area (Å²) in [5, 5.41) is 8.47. The average Bonchev–Trinajstić information content (AvgIpc) is 2.74. The van der Waals surface area contributed by atoms with Crippen molar-refractivity contribution in [2.45, 2.75) is 13.1 Å². The van der Waals surface area contributed by atoms with Crippen LogP contribution in [0.15, 0.2) is 18.3 Å². The van der Waals surface area contributed by atoms with Crippen LogP contribution in [0.5, 0.6) is 0 Å².